The van der Waals surface area contributed by atoms with Gasteiger partial charge < -0.3 is 9.88 Å². The lowest BCUT2D eigenvalue weighted by Crippen LogP contribution is -2.10. The highest BCUT2D eigenvalue weighted by molar-refractivity contribution is 6.01. The molecule has 0 unspecified atom stereocenters. The highest BCUT2D eigenvalue weighted by Gasteiger charge is 2.11. The van der Waals surface area contributed by atoms with Gasteiger partial charge in [-0.25, -0.2) is 0 Å². The topological polar surface area (TPSA) is 36.1 Å². The van der Waals surface area contributed by atoms with E-state index in [0.29, 0.717) is 5.69 Å². The Hall–Kier alpha value is -1.77. The first kappa shape index (κ1) is 8.81. The Morgan fingerprint density at radius 1 is 1.29 bits per heavy atom. The van der Waals surface area contributed by atoms with E-state index < -0.39 is 0 Å². The number of nitrogens with one attached hydrogen (secondary N) is 1. The zero-order valence-corrected chi connectivity index (χ0v) is 8.24. The van der Waals surface area contributed by atoms with Crippen LogP contribution in [0.5, 0.6) is 0 Å². The first-order valence-electron chi connectivity index (χ1n) is 4.47. The fourth-order valence-electron chi connectivity index (χ4n) is 1.72. The first-order valence-corrected chi connectivity index (χ1v) is 4.47. The van der Waals surface area contributed by atoms with Gasteiger partial charge in [-0.3, -0.25) is 4.79 Å². The summed E-state index contributed by atoms with van der Waals surface area (Å²) in [6, 6.07) is 7.90. The van der Waals surface area contributed by atoms with Crippen LogP contribution in [0.3, 0.4) is 0 Å². The number of carbonyl (C=O) groups excluding carboxylic acids is 1. The average Bonchev–Trinajstić information content (AvgIpc) is 2.55. The van der Waals surface area contributed by atoms with Crippen molar-refractivity contribution < 1.29 is 4.79 Å². The quantitative estimate of drug-likeness (QED) is 0.732. The normalized spacial score (nSPS) is 10.4. The predicted molar refractivity (Wildman–Crippen MR) is 58.0 cm³/mol. The maximum absolute atomic E-state index is 10.8. The molecule has 3 nitrogen and oxygen atoms in total. The molecule has 2 rings (SSSR count). The molecule has 0 radical (unpaired) electrons. The minimum Gasteiger partial charge on any atom is -0.375 e. The predicted octanol–water partition coefficient (Wildman–Crippen LogP) is 2.05. The van der Waals surface area contributed by atoms with Gasteiger partial charge in [0.1, 0.15) is 5.69 Å². The fraction of sp³-hybridized carbons (Fsp3) is 0.182. The second-order valence-corrected chi connectivity index (χ2v) is 3.45. The largest absolute Gasteiger partial charge is 0.375 e. The molecule has 0 fully saturated rings. The van der Waals surface area contributed by atoms with Crippen molar-refractivity contribution in [2.45, 2.75) is 0 Å². The van der Waals surface area contributed by atoms with Crippen molar-refractivity contribution in [1.82, 2.24) is 4.98 Å². The molecule has 1 N–H and O–H groups in total. The molecule has 0 amide bonds. The van der Waals surface area contributed by atoms with Crippen molar-refractivity contribution in [2.75, 3.05) is 19.0 Å². The Labute approximate surface area is 82.3 Å². The lowest BCUT2D eigenvalue weighted by Gasteiger charge is -2.11. The summed E-state index contributed by atoms with van der Waals surface area (Å²) in [5, 5.41) is 1.08. The van der Waals surface area contributed by atoms with Crippen LogP contribution < -0.4 is 4.90 Å². The minimum absolute atomic E-state index is 0.635. The number of hydrogen-bond acceptors (Lipinski definition) is 2. The molecule has 0 atom stereocenters. The summed E-state index contributed by atoms with van der Waals surface area (Å²) in [5.74, 6) is 0. The molecular formula is C11H12N2O. The number of nitrogens with zero attached hydrogens (tertiary/aromatic N) is 1. The Morgan fingerprint density at radius 2 is 2.00 bits per heavy atom. The van der Waals surface area contributed by atoms with E-state index in [9.17, 15) is 4.79 Å². The fourth-order valence-corrected chi connectivity index (χ4v) is 1.72. The molecule has 2 aromatic rings. The second kappa shape index (κ2) is 3.18. The number of para-hydroxylation sites is 1. The van der Waals surface area contributed by atoms with Crippen LogP contribution in [0.2, 0.25) is 0 Å². The molecule has 0 aliphatic rings. The Morgan fingerprint density at radius 3 is 2.64 bits per heavy atom. The number of hydrogen-bond donors (Lipinski definition) is 1. The molecule has 0 aliphatic carbocycles. The van der Waals surface area contributed by atoms with E-state index in [2.05, 4.69) is 4.98 Å². The third-order valence-corrected chi connectivity index (χ3v) is 2.27. The maximum Gasteiger partial charge on any atom is 0.168 e. The van der Waals surface area contributed by atoms with E-state index in [1.165, 1.54) is 0 Å². The molecule has 1 aromatic heterocycles. The summed E-state index contributed by atoms with van der Waals surface area (Å²) in [4.78, 5) is 15.9. The van der Waals surface area contributed by atoms with Gasteiger partial charge in [0.25, 0.3) is 0 Å². The average molecular weight is 188 g/mol. The number of rotatable bonds is 2. The number of aldehydes is 1. The van der Waals surface area contributed by atoms with Crippen LogP contribution in [-0.4, -0.2) is 25.4 Å². The standard InChI is InChI=1S/C11H12N2O/c1-13(2)11-8-5-3-4-6-9(8)12-10(11)7-14/h3-7,12H,1-2H3. The van der Waals surface area contributed by atoms with Crippen molar-refractivity contribution in [2.24, 2.45) is 0 Å². The van der Waals surface area contributed by atoms with Crippen LogP contribution in [0.25, 0.3) is 10.9 Å². The molecule has 0 bridgehead atoms. The molecule has 3 heteroatoms. The van der Waals surface area contributed by atoms with Crippen LogP contribution in [0.4, 0.5) is 5.69 Å². The van der Waals surface area contributed by atoms with Crippen molar-refractivity contribution >= 4 is 22.9 Å². The first-order chi connectivity index (χ1) is 6.74. The lowest BCUT2D eigenvalue weighted by atomic mass is 10.2. The van der Waals surface area contributed by atoms with Crippen LogP contribution in [-0.2, 0) is 0 Å². The number of aromatic amines is 1. The zero-order chi connectivity index (χ0) is 10.1. The van der Waals surface area contributed by atoms with E-state index in [1.807, 2.05) is 43.3 Å². The Kier molecular flexibility index (Phi) is 2.00. The third-order valence-electron chi connectivity index (χ3n) is 2.27. The molecule has 0 saturated heterocycles. The van der Waals surface area contributed by atoms with Crippen molar-refractivity contribution in [3.05, 3.63) is 30.0 Å². The van der Waals surface area contributed by atoms with E-state index >= 15 is 0 Å². The van der Waals surface area contributed by atoms with Gasteiger partial charge in [0.2, 0.25) is 0 Å². The SMILES string of the molecule is CN(C)c1c(C=O)[nH]c2ccccc12. The summed E-state index contributed by atoms with van der Waals surface area (Å²) in [5.41, 5.74) is 2.59. The minimum atomic E-state index is 0.635. The van der Waals surface area contributed by atoms with Gasteiger partial charge in [0, 0.05) is 25.0 Å². The summed E-state index contributed by atoms with van der Waals surface area (Å²) < 4.78 is 0. The summed E-state index contributed by atoms with van der Waals surface area (Å²) >= 11 is 0. The van der Waals surface area contributed by atoms with E-state index in [-0.39, 0.29) is 0 Å². The third kappa shape index (κ3) is 1.18. The van der Waals surface area contributed by atoms with Gasteiger partial charge in [-0.2, -0.15) is 0 Å². The molecule has 1 heterocycles. The van der Waals surface area contributed by atoms with Gasteiger partial charge in [-0.1, -0.05) is 18.2 Å². The number of anilines is 1. The number of H-pyrrole nitrogens is 1. The van der Waals surface area contributed by atoms with Crippen LogP contribution in [0.15, 0.2) is 24.3 Å². The smallest absolute Gasteiger partial charge is 0.168 e. The highest BCUT2D eigenvalue weighted by Crippen LogP contribution is 2.28. The van der Waals surface area contributed by atoms with E-state index in [0.717, 1.165) is 22.9 Å². The Balaban J connectivity index is 2.80. The van der Waals surface area contributed by atoms with Gasteiger partial charge in [0.15, 0.2) is 6.29 Å². The van der Waals surface area contributed by atoms with Crippen molar-refractivity contribution in [1.29, 1.82) is 0 Å². The number of benzene rings is 1. The lowest BCUT2D eigenvalue weighted by molar-refractivity contribution is 0.112. The number of fused-ring (bicyclic) bond motifs is 1. The van der Waals surface area contributed by atoms with Crippen LogP contribution in [0.1, 0.15) is 10.5 Å². The molecule has 0 aliphatic heterocycles. The van der Waals surface area contributed by atoms with E-state index in [4.69, 9.17) is 0 Å². The molecule has 72 valence electrons. The van der Waals surface area contributed by atoms with Gasteiger partial charge in [-0.15, -0.1) is 0 Å². The van der Waals surface area contributed by atoms with Gasteiger partial charge in [0.05, 0.1) is 5.69 Å². The maximum atomic E-state index is 10.8. The number of carbonyl (C=O) groups is 1. The van der Waals surface area contributed by atoms with E-state index in [1.54, 1.807) is 0 Å². The summed E-state index contributed by atoms with van der Waals surface area (Å²) in [6.07, 6.45) is 0.856. The molecule has 0 spiro atoms. The second-order valence-electron chi connectivity index (χ2n) is 3.45. The number of aromatic nitrogens is 1. The summed E-state index contributed by atoms with van der Waals surface area (Å²) in [6.45, 7) is 0. The summed E-state index contributed by atoms with van der Waals surface area (Å²) in [7, 11) is 3.87. The molecular weight excluding hydrogens is 176 g/mol. The van der Waals surface area contributed by atoms with Gasteiger partial charge >= 0.3 is 0 Å². The molecule has 14 heavy (non-hydrogen) atoms. The van der Waals surface area contributed by atoms with Crippen molar-refractivity contribution in [3.63, 3.8) is 0 Å². The zero-order valence-electron chi connectivity index (χ0n) is 8.24. The van der Waals surface area contributed by atoms with Gasteiger partial charge in [-0.05, 0) is 6.07 Å². The van der Waals surface area contributed by atoms with Crippen molar-refractivity contribution in [3.8, 4) is 0 Å². The van der Waals surface area contributed by atoms with Crippen LogP contribution in [0, 0.1) is 0 Å². The highest BCUT2D eigenvalue weighted by atomic mass is 16.1. The molecule has 1 aromatic carbocycles. The monoisotopic (exact) mass is 188 g/mol. The Bertz CT molecular complexity index is 471. The molecule has 0 saturated carbocycles. The van der Waals surface area contributed by atoms with Crippen LogP contribution >= 0.6 is 0 Å².